The molecule has 4 heteroatoms. The molecule has 2 aliphatic heterocycles. The van der Waals surface area contributed by atoms with E-state index in [0.717, 1.165) is 38.0 Å². The molecular weight excluding hydrogens is 284 g/mol. The Morgan fingerprint density at radius 3 is 2.33 bits per heavy atom. The molecule has 0 unspecified atom stereocenters. The van der Waals surface area contributed by atoms with Gasteiger partial charge >= 0.3 is 0 Å². The zero-order valence-electron chi connectivity index (χ0n) is 12.5. The number of hydrogen-bond donors (Lipinski definition) is 1. The highest BCUT2D eigenvalue weighted by Crippen LogP contribution is 2.19. The molecule has 21 heavy (non-hydrogen) atoms. The van der Waals surface area contributed by atoms with Crippen LogP contribution in [0.2, 0.25) is 0 Å². The van der Waals surface area contributed by atoms with Gasteiger partial charge in [0.1, 0.15) is 0 Å². The van der Waals surface area contributed by atoms with Gasteiger partial charge in [0.2, 0.25) is 0 Å². The van der Waals surface area contributed by atoms with Crippen LogP contribution in [0.25, 0.3) is 0 Å². The molecule has 3 rings (SSSR count). The summed E-state index contributed by atoms with van der Waals surface area (Å²) in [7, 11) is 0. The van der Waals surface area contributed by atoms with Crippen molar-refractivity contribution in [1.82, 2.24) is 10.2 Å². The Bertz CT molecular complexity index is 448. The lowest BCUT2D eigenvalue weighted by Crippen LogP contribution is -2.31. The van der Waals surface area contributed by atoms with Crippen LogP contribution < -0.4 is 5.32 Å². The molecule has 0 aliphatic carbocycles. The van der Waals surface area contributed by atoms with Crippen LogP contribution in [0.5, 0.6) is 0 Å². The molecule has 3 nitrogen and oxygen atoms in total. The van der Waals surface area contributed by atoms with E-state index < -0.39 is 0 Å². The summed E-state index contributed by atoms with van der Waals surface area (Å²) < 4.78 is 0. The molecule has 0 atom stereocenters. The molecule has 0 aromatic heterocycles. The Kier molecular flexibility index (Phi) is 6.22. The molecule has 2 aliphatic rings. The number of likely N-dealkylation sites (tertiary alicyclic amines) is 1. The summed E-state index contributed by atoms with van der Waals surface area (Å²) in [6.07, 6.45) is 4.61. The van der Waals surface area contributed by atoms with Crippen molar-refractivity contribution in [3.05, 3.63) is 35.4 Å². The van der Waals surface area contributed by atoms with E-state index in [-0.39, 0.29) is 18.3 Å². The average Bonchev–Trinajstić information content (AvgIpc) is 3.01. The second kappa shape index (κ2) is 7.92. The molecule has 1 N–H and O–H groups in total. The van der Waals surface area contributed by atoms with E-state index in [1.807, 2.05) is 12.1 Å². The maximum Gasteiger partial charge on any atom is 0.166 e. The van der Waals surface area contributed by atoms with Crippen LogP contribution in [0.1, 0.15) is 41.6 Å². The van der Waals surface area contributed by atoms with E-state index in [1.54, 1.807) is 0 Å². The van der Waals surface area contributed by atoms with Crippen molar-refractivity contribution >= 4 is 18.2 Å². The Labute approximate surface area is 133 Å². The number of halogens is 1. The first kappa shape index (κ1) is 16.5. The summed E-state index contributed by atoms with van der Waals surface area (Å²) in [5.41, 5.74) is 2.22. The van der Waals surface area contributed by atoms with E-state index in [1.165, 1.54) is 31.5 Å². The highest BCUT2D eigenvalue weighted by Gasteiger charge is 2.22. The van der Waals surface area contributed by atoms with Crippen LogP contribution in [0.15, 0.2) is 24.3 Å². The van der Waals surface area contributed by atoms with Gasteiger partial charge in [0, 0.05) is 18.0 Å². The minimum Gasteiger partial charge on any atom is -0.317 e. The average molecular weight is 309 g/mol. The fourth-order valence-electron chi connectivity index (χ4n) is 3.29. The van der Waals surface area contributed by atoms with E-state index in [2.05, 4.69) is 22.3 Å². The Morgan fingerprint density at radius 1 is 1.10 bits per heavy atom. The highest BCUT2D eigenvalue weighted by molar-refractivity contribution is 5.97. The molecule has 0 spiro atoms. The Hall–Kier alpha value is -0.900. The zero-order chi connectivity index (χ0) is 13.8. The number of piperidine rings is 1. The van der Waals surface area contributed by atoms with Gasteiger partial charge in [-0.3, -0.25) is 9.69 Å². The number of carbonyl (C=O) groups is 1. The van der Waals surface area contributed by atoms with Crippen LogP contribution in [0.3, 0.4) is 0 Å². The number of ketones is 1. The van der Waals surface area contributed by atoms with Gasteiger partial charge < -0.3 is 5.32 Å². The number of nitrogens with one attached hydrogen (secondary N) is 1. The third kappa shape index (κ3) is 4.29. The van der Waals surface area contributed by atoms with Crippen molar-refractivity contribution in [2.24, 2.45) is 5.92 Å². The lowest BCUT2D eigenvalue weighted by Gasteiger charge is -2.21. The van der Waals surface area contributed by atoms with Crippen molar-refractivity contribution in [2.75, 3.05) is 26.2 Å². The van der Waals surface area contributed by atoms with Gasteiger partial charge in [-0.05, 0) is 57.4 Å². The quantitative estimate of drug-likeness (QED) is 0.868. The molecule has 0 amide bonds. The SMILES string of the molecule is Cl.O=C(c1ccc(CN2CCCC2)cc1)C1CCNCC1. The van der Waals surface area contributed by atoms with Gasteiger partial charge in [-0.1, -0.05) is 24.3 Å². The predicted molar refractivity (Wildman–Crippen MR) is 88.1 cm³/mol. The summed E-state index contributed by atoms with van der Waals surface area (Å²) >= 11 is 0. The zero-order valence-corrected chi connectivity index (χ0v) is 13.3. The predicted octanol–water partition coefficient (Wildman–Crippen LogP) is 2.89. The maximum absolute atomic E-state index is 12.4. The molecule has 2 fully saturated rings. The van der Waals surface area contributed by atoms with Crippen LogP contribution in [-0.2, 0) is 6.54 Å². The Morgan fingerprint density at radius 2 is 1.71 bits per heavy atom. The monoisotopic (exact) mass is 308 g/mol. The van der Waals surface area contributed by atoms with E-state index in [0.29, 0.717) is 5.78 Å². The first-order chi connectivity index (χ1) is 9.83. The summed E-state index contributed by atoms with van der Waals surface area (Å²) in [4.78, 5) is 14.9. The lowest BCUT2D eigenvalue weighted by molar-refractivity contribution is 0.0895. The number of hydrogen-bond acceptors (Lipinski definition) is 3. The molecule has 1 aromatic carbocycles. The van der Waals surface area contributed by atoms with Gasteiger partial charge in [-0.2, -0.15) is 0 Å². The summed E-state index contributed by atoms with van der Waals surface area (Å²) in [6, 6.07) is 8.31. The Balaban J connectivity index is 0.00000161. The third-order valence-corrected chi connectivity index (χ3v) is 4.55. The van der Waals surface area contributed by atoms with Crippen molar-refractivity contribution < 1.29 is 4.79 Å². The molecule has 1 aromatic rings. The standard InChI is InChI=1S/C17H24N2O.ClH/c20-17(16-7-9-18-10-8-16)15-5-3-14(4-6-15)13-19-11-1-2-12-19;/h3-6,16,18H,1-2,7-13H2;1H. The van der Waals surface area contributed by atoms with E-state index >= 15 is 0 Å². The van der Waals surface area contributed by atoms with Crippen LogP contribution in [0, 0.1) is 5.92 Å². The van der Waals surface area contributed by atoms with Gasteiger partial charge in [-0.15, -0.1) is 12.4 Å². The van der Waals surface area contributed by atoms with Crippen LogP contribution in [0.4, 0.5) is 0 Å². The van der Waals surface area contributed by atoms with E-state index in [9.17, 15) is 4.79 Å². The van der Waals surface area contributed by atoms with E-state index in [4.69, 9.17) is 0 Å². The van der Waals surface area contributed by atoms with Gasteiger partial charge in [0.05, 0.1) is 0 Å². The molecule has 116 valence electrons. The largest absolute Gasteiger partial charge is 0.317 e. The summed E-state index contributed by atoms with van der Waals surface area (Å²) in [6.45, 7) is 5.42. The minimum absolute atomic E-state index is 0. The fourth-order valence-corrected chi connectivity index (χ4v) is 3.29. The second-order valence-corrected chi connectivity index (χ2v) is 6.07. The normalized spacial score (nSPS) is 20.2. The fraction of sp³-hybridized carbons (Fsp3) is 0.588. The molecule has 0 radical (unpaired) electrons. The third-order valence-electron chi connectivity index (χ3n) is 4.55. The summed E-state index contributed by atoms with van der Waals surface area (Å²) in [5, 5.41) is 3.31. The molecule has 2 saturated heterocycles. The maximum atomic E-state index is 12.4. The van der Waals surface area contributed by atoms with Gasteiger partial charge in [0.15, 0.2) is 5.78 Å². The smallest absolute Gasteiger partial charge is 0.166 e. The molecule has 0 saturated carbocycles. The molecule has 0 bridgehead atoms. The first-order valence-electron chi connectivity index (χ1n) is 7.89. The number of nitrogens with zero attached hydrogens (tertiary/aromatic N) is 1. The van der Waals surface area contributed by atoms with Crippen LogP contribution in [-0.4, -0.2) is 36.9 Å². The second-order valence-electron chi connectivity index (χ2n) is 6.07. The van der Waals surface area contributed by atoms with Crippen molar-refractivity contribution in [2.45, 2.75) is 32.2 Å². The molecule has 2 heterocycles. The van der Waals surface area contributed by atoms with Crippen molar-refractivity contribution in [3.8, 4) is 0 Å². The first-order valence-corrected chi connectivity index (χ1v) is 7.89. The van der Waals surface area contributed by atoms with Crippen molar-refractivity contribution in [1.29, 1.82) is 0 Å². The number of carbonyl (C=O) groups excluding carboxylic acids is 1. The highest BCUT2D eigenvalue weighted by atomic mass is 35.5. The van der Waals surface area contributed by atoms with Crippen molar-refractivity contribution in [3.63, 3.8) is 0 Å². The topological polar surface area (TPSA) is 32.3 Å². The number of Topliss-reactive ketones (excluding diaryl/α,β-unsaturated/α-hetero) is 1. The minimum atomic E-state index is 0. The molecular formula is C17H25ClN2O. The summed E-state index contributed by atoms with van der Waals surface area (Å²) in [5.74, 6) is 0.555. The number of benzene rings is 1. The van der Waals surface area contributed by atoms with Gasteiger partial charge in [0.25, 0.3) is 0 Å². The lowest BCUT2D eigenvalue weighted by atomic mass is 9.89. The van der Waals surface area contributed by atoms with Gasteiger partial charge in [-0.25, -0.2) is 0 Å². The van der Waals surface area contributed by atoms with Crippen LogP contribution >= 0.6 is 12.4 Å². The number of rotatable bonds is 4.